The lowest BCUT2D eigenvalue weighted by atomic mass is 10.0. The van der Waals surface area contributed by atoms with Crippen molar-refractivity contribution in [2.24, 2.45) is 0 Å². The number of hydrogen-bond acceptors (Lipinski definition) is 4. The number of carbonyl (C=O) groups is 2. The second-order valence-electron chi connectivity index (χ2n) is 6.18. The van der Waals surface area contributed by atoms with E-state index in [4.69, 9.17) is 5.11 Å². The summed E-state index contributed by atoms with van der Waals surface area (Å²) in [5, 5.41) is 21.3. The Balaban J connectivity index is 1.80. The highest BCUT2D eigenvalue weighted by Crippen LogP contribution is 2.37. The van der Waals surface area contributed by atoms with Crippen molar-refractivity contribution in [3.63, 3.8) is 0 Å². The monoisotopic (exact) mass is 421 g/mol. The van der Waals surface area contributed by atoms with Gasteiger partial charge in [0.2, 0.25) is 5.91 Å². The number of carboxylic acid groups (broad SMARTS) is 1. The molecule has 2 N–H and O–H groups in total. The van der Waals surface area contributed by atoms with Gasteiger partial charge in [-0.15, -0.1) is 11.3 Å². The molecule has 0 radical (unpaired) electrons. The Kier molecular flexibility index (Phi) is 5.61. The Morgan fingerprint density at radius 3 is 2.69 bits per heavy atom. The van der Waals surface area contributed by atoms with Crippen LogP contribution in [0.25, 0.3) is 6.08 Å². The molecule has 2 aromatic rings. The van der Waals surface area contributed by atoms with Crippen molar-refractivity contribution >= 4 is 34.4 Å². The van der Waals surface area contributed by atoms with Gasteiger partial charge in [0.25, 0.3) is 0 Å². The lowest BCUT2D eigenvalue weighted by Gasteiger charge is -2.23. The normalized spacial score (nSPS) is 13.8. The molecule has 29 heavy (non-hydrogen) atoms. The van der Waals surface area contributed by atoms with Gasteiger partial charge in [-0.3, -0.25) is 4.79 Å². The van der Waals surface area contributed by atoms with E-state index in [-0.39, 0.29) is 29.2 Å². The summed E-state index contributed by atoms with van der Waals surface area (Å²) in [5.41, 5.74) is -0.0653. The number of anilines is 1. The maximum atomic E-state index is 13.0. The van der Waals surface area contributed by atoms with Gasteiger partial charge in [-0.05, 0) is 29.7 Å². The molecular formula is C19H14F3N3O3S. The molecular weight excluding hydrogens is 407 g/mol. The van der Waals surface area contributed by atoms with Crippen molar-refractivity contribution in [1.29, 1.82) is 5.26 Å². The summed E-state index contributed by atoms with van der Waals surface area (Å²) in [4.78, 5) is 25.2. The highest BCUT2D eigenvalue weighted by molar-refractivity contribution is 7.16. The standard InChI is InChI=1S/C19H14F3N3O3S/c20-19(21,22)14-4-2-1-3-11(14)5-6-16(26)24-17-13(9-23)12-7-8-25(18(27)28)10-15(12)29-17/h1-6H,7-8,10H2,(H,24,26)(H,27,28). The summed E-state index contributed by atoms with van der Waals surface area (Å²) in [6, 6.07) is 6.88. The van der Waals surface area contributed by atoms with Gasteiger partial charge in [0.15, 0.2) is 0 Å². The number of alkyl halides is 3. The molecule has 0 unspecified atom stereocenters. The van der Waals surface area contributed by atoms with Gasteiger partial charge in [-0.1, -0.05) is 18.2 Å². The largest absolute Gasteiger partial charge is 0.465 e. The van der Waals surface area contributed by atoms with Crippen LogP contribution in [0.4, 0.5) is 23.0 Å². The van der Waals surface area contributed by atoms with Crippen molar-refractivity contribution in [2.75, 3.05) is 11.9 Å². The highest BCUT2D eigenvalue weighted by atomic mass is 32.1. The van der Waals surface area contributed by atoms with Crippen LogP contribution in [-0.4, -0.2) is 28.6 Å². The quantitative estimate of drug-likeness (QED) is 0.722. The van der Waals surface area contributed by atoms with Crippen molar-refractivity contribution in [3.8, 4) is 6.07 Å². The molecule has 0 fully saturated rings. The number of nitrogens with zero attached hydrogens (tertiary/aromatic N) is 2. The minimum atomic E-state index is -4.55. The number of nitrogens with one attached hydrogen (secondary N) is 1. The van der Waals surface area contributed by atoms with Crippen LogP contribution in [0.15, 0.2) is 30.3 Å². The lowest BCUT2D eigenvalue weighted by molar-refractivity contribution is -0.137. The molecule has 150 valence electrons. The van der Waals surface area contributed by atoms with E-state index in [0.29, 0.717) is 16.9 Å². The summed E-state index contributed by atoms with van der Waals surface area (Å²) in [7, 11) is 0. The molecule has 2 amide bonds. The number of halogens is 3. The minimum absolute atomic E-state index is 0.120. The van der Waals surface area contributed by atoms with Crippen LogP contribution in [0.1, 0.15) is 27.1 Å². The molecule has 1 aliphatic heterocycles. The average molecular weight is 421 g/mol. The van der Waals surface area contributed by atoms with Gasteiger partial charge in [0.05, 0.1) is 17.7 Å². The van der Waals surface area contributed by atoms with Crippen LogP contribution < -0.4 is 5.32 Å². The van der Waals surface area contributed by atoms with Crippen molar-refractivity contribution in [2.45, 2.75) is 19.1 Å². The van der Waals surface area contributed by atoms with Gasteiger partial charge >= 0.3 is 12.3 Å². The Morgan fingerprint density at radius 1 is 1.31 bits per heavy atom. The van der Waals surface area contributed by atoms with Gasteiger partial charge in [-0.2, -0.15) is 18.4 Å². The number of nitriles is 1. The average Bonchev–Trinajstić information content (AvgIpc) is 3.01. The van der Waals surface area contributed by atoms with E-state index in [2.05, 4.69) is 5.32 Å². The smallest absolute Gasteiger partial charge is 0.416 e. The number of rotatable bonds is 3. The first kappa shape index (κ1) is 20.4. The Bertz CT molecular complexity index is 1040. The second-order valence-corrected chi connectivity index (χ2v) is 7.29. The molecule has 1 aromatic heterocycles. The fourth-order valence-electron chi connectivity index (χ4n) is 2.99. The maximum absolute atomic E-state index is 13.0. The third-order valence-corrected chi connectivity index (χ3v) is 5.49. The van der Waals surface area contributed by atoms with Crippen LogP contribution in [0, 0.1) is 11.3 Å². The summed E-state index contributed by atoms with van der Waals surface area (Å²) in [6.07, 6.45) is -3.24. The molecule has 6 nitrogen and oxygen atoms in total. The number of amides is 2. The van der Waals surface area contributed by atoms with Crippen molar-refractivity contribution in [1.82, 2.24) is 4.90 Å². The van der Waals surface area contributed by atoms with Crippen LogP contribution in [0.3, 0.4) is 0 Å². The van der Waals surface area contributed by atoms with E-state index in [1.54, 1.807) is 0 Å². The highest BCUT2D eigenvalue weighted by Gasteiger charge is 2.32. The van der Waals surface area contributed by atoms with E-state index < -0.39 is 23.7 Å². The number of benzene rings is 1. The Morgan fingerprint density at radius 2 is 2.03 bits per heavy atom. The molecule has 2 heterocycles. The van der Waals surface area contributed by atoms with Crippen LogP contribution in [0.5, 0.6) is 0 Å². The van der Waals surface area contributed by atoms with E-state index in [1.807, 2.05) is 6.07 Å². The zero-order valence-corrected chi connectivity index (χ0v) is 15.6. The fraction of sp³-hybridized carbons (Fsp3) is 0.211. The van der Waals surface area contributed by atoms with Crippen LogP contribution in [-0.2, 0) is 23.9 Å². The third-order valence-electron chi connectivity index (χ3n) is 4.36. The number of thiophene rings is 1. The molecule has 0 aliphatic carbocycles. The van der Waals surface area contributed by atoms with Gasteiger partial charge in [-0.25, -0.2) is 4.79 Å². The minimum Gasteiger partial charge on any atom is -0.465 e. The molecule has 3 rings (SSSR count). The summed E-state index contributed by atoms with van der Waals surface area (Å²) in [5.74, 6) is -0.688. The van der Waals surface area contributed by atoms with Crippen molar-refractivity contribution in [3.05, 3.63) is 57.5 Å². The van der Waals surface area contributed by atoms with E-state index in [9.17, 15) is 28.0 Å². The topological polar surface area (TPSA) is 93.4 Å². The first-order valence-electron chi connectivity index (χ1n) is 8.38. The third kappa shape index (κ3) is 4.41. The van der Waals surface area contributed by atoms with Gasteiger partial charge < -0.3 is 15.3 Å². The second kappa shape index (κ2) is 7.97. The number of carbonyl (C=O) groups excluding carboxylic acids is 1. The first-order chi connectivity index (χ1) is 13.7. The fourth-order valence-corrected chi connectivity index (χ4v) is 4.21. The zero-order valence-electron chi connectivity index (χ0n) is 14.8. The molecule has 0 spiro atoms. The molecule has 0 saturated carbocycles. The number of hydrogen-bond donors (Lipinski definition) is 2. The molecule has 0 bridgehead atoms. The van der Waals surface area contributed by atoms with E-state index >= 15 is 0 Å². The van der Waals surface area contributed by atoms with Gasteiger partial charge in [0, 0.05) is 17.5 Å². The molecule has 10 heteroatoms. The molecule has 1 aliphatic rings. The van der Waals surface area contributed by atoms with Crippen molar-refractivity contribution < 1.29 is 27.9 Å². The van der Waals surface area contributed by atoms with E-state index in [1.165, 1.54) is 23.1 Å². The lowest BCUT2D eigenvalue weighted by Crippen LogP contribution is -2.34. The Hall–Kier alpha value is -3.32. The zero-order chi connectivity index (χ0) is 21.2. The van der Waals surface area contributed by atoms with Crippen LogP contribution in [0.2, 0.25) is 0 Å². The summed E-state index contributed by atoms with van der Waals surface area (Å²) >= 11 is 1.09. The predicted molar refractivity (Wildman–Crippen MR) is 100 cm³/mol. The van der Waals surface area contributed by atoms with Crippen LogP contribution >= 0.6 is 11.3 Å². The molecule has 0 saturated heterocycles. The Labute approximate surface area is 167 Å². The molecule has 0 atom stereocenters. The summed E-state index contributed by atoms with van der Waals surface area (Å²) in [6.45, 7) is 0.365. The SMILES string of the molecule is N#Cc1c(NC(=O)C=Cc2ccccc2C(F)(F)F)sc2c1CCN(C(=O)O)C2. The molecule has 1 aromatic carbocycles. The first-order valence-corrected chi connectivity index (χ1v) is 9.20. The number of fused-ring (bicyclic) bond motifs is 1. The predicted octanol–water partition coefficient (Wildman–Crippen LogP) is 4.33. The van der Waals surface area contributed by atoms with Gasteiger partial charge in [0.1, 0.15) is 11.1 Å². The maximum Gasteiger partial charge on any atom is 0.416 e. The van der Waals surface area contributed by atoms with E-state index in [0.717, 1.165) is 29.6 Å². The summed E-state index contributed by atoms with van der Waals surface area (Å²) < 4.78 is 39.1.